The molecule has 2 saturated heterocycles. The number of nitrogens with zero attached hydrogens (tertiary/aromatic N) is 2. The van der Waals surface area contributed by atoms with E-state index in [9.17, 15) is 13.2 Å². The van der Waals surface area contributed by atoms with Gasteiger partial charge in [0, 0.05) is 31.4 Å². The lowest BCUT2D eigenvalue weighted by Gasteiger charge is -2.28. The lowest BCUT2D eigenvalue weighted by atomic mass is 10.1. The van der Waals surface area contributed by atoms with Crippen LogP contribution < -0.4 is 4.90 Å². The molecule has 3 rings (SSSR count). The minimum atomic E-state index is -4.27. The number of fused-ring (bicyclic) bond motifs is 1. The maximum absolute atomic E-state index is 13.1. The fourth-order valence-electron chi connectivity index (χ4n) is 3.55. The van der Waals surface area contributed by atoms with Crippen LogP contribution in [0.1, 0.15) is 30.4 Å². The summed E-state index contributed by atoms with van der Waals surface area (Å²) in [5.74, 6) is 0. The van der Waals surface area contributed by atoms with Crippen molar-refractivity contribution >= 4 is 5.69 Å². The van der Waals surface area contributed by atoms with Crippen molar-refractivity contribution in [2.75, 3.05) is 31.1 Å². The van der Waals surface area contributed by atoms with Crippen molar-refractivity contribution in [1.29, 1.82) is 0 Å². The van der Waals surface area contributed by atoms with Crippen LogP contribution in [0, 0.1) is 6.92 Å². The lowest BCUT2D eigenvalue weighted by molar-refractivity contribution is -0.138. The molecule has 0 aromatic heterocycles. The molecule has 0 spiro atoms. The van der Waals surface area contributed by atoms with E-state index < -0.39 is 11.7 Å². The number of hydrogen-bond acceptors (Lipinski definition) is 2. The number of rotatable bonds is 1. The number of alkyl halides is 3. The fraction of sp³-hybridized carbons (Fsp3) is 0.625. The first kappa shape index (κ1) is 14.7. The van der Waals surface area contributed by atoms with Gasteiger partial charge in [-0.25, -0.2) is 0 Å². The highest BCUT2D eigenvalue weighted by molar-refractivity contribution is 5.52. The van der Waals surface area contributed by atoms with E-state index in [1.165, 1.54) is 19.4 Å². The highest BCUT2D eigenvalue weighted by Crippen LogP contribution is 2.35. The Bertz CT molecular complexity index is 513. The molecule has 116 valence electrons. The molecule has 2 aliphatic rings. The van der Waals surface area contributed by atoms with Gasteiger partial charge in [0.1, 0.15) is 0 Å². The Morgan fingerprint density at radius 1 is 1.10 bits per heavy atom. The van der Waals surface area contributed by atoms with Gasteiger partial charge in [0.05, 0.1) is 5.56 Å². The average molecular weight is 298 g/mol. The minimum absolute atomic E-state index is 0.295. The standard InChI is InChI=1S/C16H21F3N2/c1-12-5-6-13(10-15(12)16(17,18)19)21-9-3-8-20-7-2-4-14(20)11-21/h5-6,10,14H,2-4,7-9,11H2,1H3. The SMILES string of the molecule is Cc1ccc(N2CCCN3CCCC3C2)cc1C(F)(F)F. The first-order valence-corrected chi connectivity index (χ1v) is 7.62. The summed E-state index contributed by atoms with van der Waals surface area (Å²) in [6, 6.07) is 5.24. The number of aryl methyl sites for hydroxylation is 1. The highest BCUT2D eigenvalue weighted by Gasteiger charge is 2.34. The van der Waals surface area contributed by atoms with Gasteiger partial charge in [-0.1, -0.05) is 6.07 Å². The quantitative estimate of drug-likeness (QED) is 0.780. The van der Waals surface area contributed by atoms with Gasteiger partial charge in [0.15, 0.2) is 0 Å². The van der Waals surface area contributed by atoms with Gasteiger partial charge in [0.2, 0.25) is 0 Å². The molecule has 0 radical (unpaired) electrons. The Morgan fingerprint density at radius 3 is 2.62 bits per heavy atom. The number of halogens is 3. The topological polar surface area (TPSA) is 6.48 Å². The van der Waals surface area contributed by atoms with Crippen LogP contribution >= 0.6 is 0 Å². The van der Waals surface area contributed by atoms with Crippen LogP contribution in [-0.2, 0) is 6.18 Å². The van der Waals surface area contributed by atoms with Crippen molar-refractivity contribution < 1.29 is 13.2 Å². The molecule has 2 aliphatic heterocycles. The van der Waals surface area contributed by atoms with Gasteiger partial charge in [-0.05, 0) is 50.4 Å². The molecule has 1 aromatic carbocycles. The predicted octanol–water partition coefficient (Wildman–Crippen LogP) is 3.69. The van der Waals surface area contributed by atoms with Gasteiger partial charge in [-0.2, -0.15) is 13.2 Å². The summed E-state index contributed by atoms with van der Waals surface area (Å²) in [6.07, 6.45) is -0.883. The van der Waals surface area contributed by atoms with Crippen molar-refractivity contribution in [3.63, 3.8) is 0 Å². The Kier molecular flexibility index (Phi) is 3.86. The van der Waals surface area contributed by atoms with E-state index >= 15 is 0 Å². The summed E-state index contributed by atoms with van der Waals surface area (Å²) < 4.78 is 39.2. The Balaban J connectivity index is 1.86. The molecular formula is C16H21F3N2. The zero-order valence-electron chi connectivity index (χ0n) is 12.3. The molecule has 0 saturated carbocycles. The highest BCUT2D eigenvalue weighted by atomic mass is 19.4. The van der Waals surface area contributed by atoms with Crippen LogP contribution in [0.25, 0.3) is 0 Å². The van der Waals surface area contributed by atoms with Gasteiger partial charge < -0.3 is 4.90 Å². The molecule has 2 nitrogen and oxygen atoms in total. The maximum atomic E-state index is 13.1. The van der Waals surface area contributed by atoms with Gasteiger partial charge in [0.25, 0.3) is 0 Å². The molecule has 21 heavy (non-hydrogen) atoms. The van der Waals surface area contributed by atoms with Crippen molar-refractivity contribution in [2.24, 2.45) is 0 Å². The van der Waals surface area contributed by atoms with Gasteiger partial charge in [-0.3, -0.25) is 4.90 Å². The molecule has 1 atom stereocenters. The zero-order valence-corrected chi connectivity index (χ0v) is 12.3. The second-order valence-corrected chi connectivity index (χ2v) is 6.13. The van der Waals surface area contributed by atoms with E-state index in [-0.39, 0.29) is 0 Å². The van der Waals surface area contributed by atoms with E-state index in [0.717, 1.165) is 39.0 Å². The maximum Gasteiger partial charge on any atom is 0.416 e. The van der Waals surface area contributed by atoms with E-state index in [4.69, 9.17) is 0 Å². The number of benzene rings is 1. The summed E-state index contributed by atoms with van der Waals surface area (Å²) in [4.78, 5) is 4.61. The lowest BCUT2D eigenvalue weighted by Crippen LogP contribution is -2.36. The third-order valence-electron chi connectivity index (χ3n) is 4.70. The van der Waals surface area contributed by atoms with Crippen LogP contribution in [0.15, 0.2) is 18.2 Å². The van der Waals surface area contributed by atoms with Gasteiger partial charge in [-0.15, -0.1) is 0 Å². The molecule has 2 heterocycles. The molecular weight excluding hydrogens is 277 g/mol. The van der Waals surface area contributed by atoms with Crippen LogP contribution in [-0.4, -0.2) is 37.1 Å². The second-order valence-electron chi connectivity index (χ2n) is 6.13. The van der Waals surface area contributed by atoms with E-state index in [1.807, 2.05) is 6.07 Å². The summed E-state index contributed by atoms with van der Waals surface area (Å²) >= 11 is 0. The number of anilines is 1. The van der Waals surface area contributed by atoms with Crippen LogP contribution in [0.3, 0.4) is 0 Å². The molecule has 0 bridgehead atoms. The largest absolute Gasteiger partial charge is 0.416 e. The van der Waals surface area contributed by atoms with Crippen LogP contribution in [0.5, 0.6) is 0 Å². The third-order valence-corrected chi connectivity index (χ3v) is 4.70. The third kappa shape index (κ3) is 3.03. The normalized spacial score (nSPS) is 24.0. The zero-order chi connectivity index (χ0) is 15.0. The average Bonchev–Trinajstić information content (AvgIpc) is 2.75. The Labute approximate surface area is 123 Å². The van der Waals surface area contributed by atoms with Crippen molar-refractivity contribution in [3.8, 4) is 0 Å². The molecule has 0 aliphatic carbocycles. The van der Waals surface area contributed by atoms with Crippen molar-refractivity contribution in [2.45, 2.75) is 38.4 Å². The van der Waals surface area contributed by atoms with Crippen molar-refractivity contribution in [1.82, 2.24) is 4.90 Å². The van der Waals surface area contributed by atoms with Gasteiger partial charge >= 0.3 is 6.18 Å². The minimum Gasteiger partial charge on any atom is -0.370 e. The monoisotopic (exact) mass is 298 g/mol. The fourth-order valence-corrected chi connectivity index (χ4v) is 3.55. The first-order valence-electron chi connectivity index (χ1n) is 7.62. The van der Waals surface area contributed by atoms with Crippen LogP contribution in [0.4, 0.5) is 18.9 Å². The van der Waals surface area contributed by atoms with Crippen LogP contribution in [0.2, 0.25) is 0 Å². The number of hydrogen-bond donors (Lipinski definition) is 0. The second kappa shape index (κ2) is 5.52. The molecule has 1 unspecified atom stereocenters. The summed E-state index contributed by atoms with van der Waals surface area (Å²) in [5.41, 5.74) is 0.498. The van der Waals surface area contributed by atoms with E-state index in [1.54, 1.807) is 6.07 Å². The molecule has 0 amide bonds. The van der Waals surface area contributed by atoms with E-state index in [0.29, 0.717) is 17.3 Å². The molecule has 1 aromatic rings. The van der Waals surface area contributed by atoms with E-state index in [2.05, 4.69) is 9.80 Å². The molecule has 2 fully saturated rings. The predicted molar refractivity (Wildman–Crippen MR) is 77.6 cm³/mol. The smallest absolute Gasteiger partial charge is 0.370 e. The first-order chi connectivity index (χ1) is 9.95. The summed E-state index contributed by atoms with van der Waals surface area (Å²) in [5, 5.41) is 0. The Morgan fingerprint density at radius 2 is 1.86 bits per heavy atom. The van der Waals surface area contributed by atoms with Crippen molar-refractivity contribution in [3.05, 3.63) is 29.3 Å². The molecule has 0 N–H and O–H groups in total. The summed E-state index contributed by atoms with van der Waals surface area (Å²) in [7, 11) is 0. The summed E-state index contributed by atoms with van der Waals surface area (Å²) in [6.45, 7) is 5.42. The Hall–Kier alpha value is -1.23. The molecule has 5 heteroatoms.